The number of aryl methyl sites for hydroxylation is 2. The summed E-state index contributed by atoms with van der Waals surface area (Å²) in [5.41, 5.74) is 5.47. The fraction of sp³-hybridized carbons (Fsp3) is 0.417. The van der Waals surface area contributed by atoms with E-state index in [4.69, 9.17) is 0 Å². The molecule has 1 heterocycles. The number of nitriles is 1. The van der Waals surface area contributed by atoms with E-state index in [0.717, 1.165) is 41.9 Å². The lowest BCUT2D eigenvalue weighted by Crippen LogP contribution is -2.41. The maximum Gasteiger partial charge on any atom is 0.262 e. The summed E-state index contributed by atoms with van der Waals surface area (Å²) in [6.45, 7) is 8.31. The molecule has 0 bridgehead atoms. The van der Waals surface area contributed by atoms with Gasteiger partial charge in [0.15, 0.2) is 0 Å². The van der Waals surface area contributed by atoms with Crippen molar-refractivity contribution in [1.82, 2.24) is 9.88 Å². The van der Waals surface area contributed by atoms with Crippen molar-refractivity contribution < 1.29 is 4.79 Å². The van der Waals surface area contributed by atoms with Crippen LogP contribution in [0.15, 0.2) is 35.9 Å². The maximum absolute atomic E-state index is 12.7. The highest BCUT2D eigenvalue weighted by molar-refractivity contribution is 6.02. The Morgan fingerprint density at radius 1 is 1.18 bits per heavy atom. The molecule has 1 N–H and O–H groups in total. The lowest BCUT2D eigenvalue weighted by atomic mass is 9.86. The topological polar surface area (TPSA) is 57.8 Å². The minimum absolute atomic E-state index is 0.165. The van der Waals surface area contributed by atoms with Crippen molar-refractivity contribution in [3.05, 3.63) is 58.4 Å². The predicted octanol–water partition coefficient (Wildman–Crippen LogP) is 5.00. The molecule has 1 amide bonds. The van der Waals surface area contributed by atoms with Gasteiger partial charge in [0.1, 0.15) is 11.6 Å². The zero-order chi connectivity index (χ0) is 20.3. The van der Waals surface area contributed by atoms with E-state index in [0.29, 0.717) is 5.92 Å². The quantitative estimate of drug-likeness (QED) is 0.603. The molecule has 1 saturated carbocycles. The molecular formula is C24H29N3O. The van der Waals surface area contributed by atoms with Crippen LogP contribution in [0.1, 0.15) is 55.1 Å². The molecule has 4 nitrogen and oxygen atoms in total. The molecule has 0 unspecified atom stereocenters. The van der Waals surface area contributed by atoms with Gasteiger partial charge in [-0.2, -0.15) is 5.26 Å². The van der Waals surface area contributed by atoms with E-state index in [-0.39, 0.29) is 17.5 Å². The number of nitrogens with one attached hydrogen (secondary N) is 1. The van der Waals surface area contributed by atoms with Crippen LogP contribution < -0.4 is 5.32 Å². The van der Waals surface area contributed by atoms with Crippen molar-refractivity contribution in [1.29, 1.82) is 5.26 Å². The highest BCUT2D eigenvalue weighted by Gasteiger charge is 2.24. The second kappa shape index (κ2) is 8.48. The summed E-state index contributed by atoms with van der Waals surface area (Å²) in [6.07, 6.45) is 6.20. The van der Waals surface area contributed by atoms with Gasteiger partial charge in [-0.15, -0.1) is 0 Å². The molecule has 2 atom stereocenters. The van der Waals surface area contributed by atoms with Gasteiger partial charge in [-0.25, -0.2) is 0 Å². The van der Waals surface area contributed by atoms with Crippen molar-refractivity contribution >= 4 is 12.0 Å². The molecule has 0 radical (unpaired) electrons. The van der Waals surface area contributed by atoms with Crippen LogP contribution in [0.2, 0.25) is 0 Å². The van der Waals surface area contributed by atoms with E-state index in [1.165, 1.54) is 12.0 Å². The summed E-state index contributed by atoms with van der Waals surface area (Å²) in [5.74, 6) is 0.200. The Morgan fingerprint density at radius 2 is 1.86 bits per heavy atom. The first-order valence-corrected chi connectivity index (χ1v) is 10.1. The zero-order valence-corrected chi connectivity index (χ0v) is 17.2. The molecule has 0 aliphatic heterocycles. The van der Waals surface area contributed by atoms with Crippen molar-refractivity contribution in [2.24, 2.45) is 5.92 Å². The second-order valence-electron chi connectivity index (χ2n) is 8.01. The third-order valence-electron chi connectivity index (χ3n) is 5.86. The fourth-order valence-electron chi connectivity index (χ4n) is 4.11. The Labute approximate surface area is 167 Å². The first-order valence-electron chi connectivity index (χ1n) is 10.1. The number of carbonyl (C=O) groups excluding carboxylic acids is 1. The monoisotopic (exact) mass is 375 g/mol. The highest BCUT2D eigenvalue weighted by Crippen LogP contribution is 2.25. The number of rotatable bonds is 4. The van der Waals surface area contributed by atoms with Gasteiger partial charge in [-0.1, -0.05) is 37.5 Å². The van der Waals surface area contributed by atoms with Crippen molar-refractivity contribution in [3.63, 3.8) is 0 Å². The number of benzene rings is 1. The Kier molecular flexibility index (Phi) is 6.04. The Morgan fingerprint density at radius 3 is 2.50 bits per heavy atom. The van der Waals surface area contributed by atoms with Crippen LogP contribution in [0.3, 0.4) is 0 Å². The third-order valence-corrected chi connectivity index (χ3v) is 5.86. The summed E-state index contributed by atoms with van der Waals surface area (Å²) in [5, 5.41) is 12.7. The molecule has 1 aromatic carbocycles. The molecule has 0 saturated heterocycles. The van der Waals surface area contributed by atoms with Crippen molar-refractivity contribution in [2.75, 3.05) is 0 Å². The maximum atomic E-state index is 12.7. The number of amides is 1. The molecule has 1 aromatic heterocycles. The van der Waals surface area contributed by atoms with E-state index in [9.17, 15) is 10.1 Å². The van der Waals surface area contributed by atoms with Gasteiger partial charge in [0.25, 0.3) is 5.91 Å². The van der Waals surface area contributed by atoms with Gasteiger partial charge < -0.3 is 9.88 Å². The largest absolute Gasteiger partial charge is 0.348 e. The van der Waals surface area contributed by atoms with Gasteiger partial charge in [-0.05, 0) is 69.4 Å². The average molecular weight is 376 g/mol. The summed E-state index contributed by atoms with van der Waals surface area (Å²) in [4.78, 5) is 12.7. The van der Waals surface area contributed by atoms with Crippen LogP contribution in [0.4, 0.5) is 0 Å². The molecule has 1 aliphatic carbocycles. The van der Waals surface area contributed by atoms with E-state index in [1.54, 1.807) is 6.08 Å². The molecule has 3 rings (SSSR count). The molecule has 4 heteroatoms. The smallest absolute Gasteiger partial charge is 0.262 e. The minimum atomic E-state index is -0.263. The van der Waals surface area contributed by atoms with E-state index >= 15 is 0 Å². The molecule has 28 heavy (non-hydrogen) atoms. The van der Waals surface area contributed by atoms with Gasteiger partial charge >= 0.3 is 0 Å². The molecular weight excluding hydrogens is 346 g/mol. The number of hydrogen-bond acceptors (Lipinski definition) is 2. The lowest BCUT2D eigenvalue weighted by Gasteiger charge is -2.29. The SMILES string of the molecule is Cc1ccc(-n2c(C)cc(/C=C(\C#N)C(=O)N[C@H]3CCCC[C@H]3C)c2C)cc1. The predicted molar refractivity (Wildman–Crippen MR) is 113 cm³/mol. The van der Waals surface area contributed by atoms with Crippen LogP contribution >= 0.6 is 0 Å². The fourth-order valence-corrected chi connectivity index (χ4v) is 4.11. The van der Waals surface area contributed by atoms with Crippen molar-refractivity contribution in [2.45, 2.75) is 59.4 Å². The first-order chi connectivity index (χ1) is 13.4. The van der Waals surface area contributed by atoms with Crippen LogP contribution in [0.25, 0.3) is 11.8 Å². The molecule has 146 valence electrons. The summed E-state index contributed by atoms with van der Waals surface area (Å²) < 4.78 is 2.15. The molecule has 1 fully saturated rings. The average Bonchev–Trinajstić information content (AvgIpc) is 2.95. The van der Waals surface area contributed by atoms with Gasteiger partial charge in [0.05, 0.1) is 0 Å². The minimum Gasteiger partial charge on any atom is -0.348 e. The number of nitrogens with zero attached hydrogens (tertiary/aromatic N) is 2. The van der Waals surface area contributed by atoms with Gasteiger partial charge in [-0.3, -0.25) is 4.79 Å². The van der Waals surface area contributed by atoms with Crippen LogP contribution in [0, 0.1) is 38.0 Å². The Balaban J connectivity index is 1.86. The second-order valence-corrected chi connectivity index (χ2v) is 8.01. The molecule has 2 aromatic rings. The van der Waals surface area contributed by atoms with Crippen LogP contribution in [0.5, 0.6) is 0 Å². The van der Waals surface area contributed by atoms with Crippen LogP contribution in [-0.2, 0) is 4.79 Å². The third kappa shape index (κ3) is 4.20. The number of hydrogen-bond donors (Lipinski definition) is 1. The first kappa shape index (κ1) is 19.9. The lowest BCUT2D eigenvalue weighted by molar-refractivity contribution is -0.118. The van der Waals surface area contributed by atoms with E-state index in [2.05, 4.69) is 54.1 Å². The molecule has 0 spiro atoms. The summed E-state index contributed by atoms with van der Waals surface area (Å²) in [6, 6.07) is 12.6. The molecule has 1 aliphatic rings. The standard InChI is InChI=1S/C24H29N3O/c1-16-9-11-22(12-10-16)27-18(3)13-20(19(27)4)14-21(15-25)24(28)26-23-8-6-5-7-17(23)2/h9-14,17,23H,5-8H2,1-4H3,(H,26,28)/b21-14+/t17-,23+/m1/s1. The number of aromatic nitrogens is 1. The zero-order valence-electron chi connectivity index (χ0n) is 17.2. The number of carbonyl (C=O) groups is 1. The van der Waals surface area contributed by atoms with Crippen LogP contribution in [-0.4, -0.2) is 16.5 Å². The summed E-state index contributed by atoms with van der Waals surface area (Å²) >= 11 is 0. The van der Waals surface area contributed by atoms with Gasteiger partial charge in [0.2, 0.25) is 0 Å². The van der Waals surface area contributed by atoms with E-state index < -0.39 is 0 Å². The van der Waals surface area contributed by atoms with E-state index in [1.807, 2.05) is 19.9 Å². The highest BCUT2D eigenvalue weighted by atomic mass is 16.1. The van der Waals surface area contributed by atoms with Crippen molar-refractivity contribution in [3.8, 4) is 11.8 Å². The summed E-state index contributed by atoms with van der Waals surface area (Å²) in [7, 11) is 0. The Bertz CT molecular complexity index is 928. The van der Waals surface area contributed by atoms with Gasteiger partial charge in [0, 0.05) is 23.1 Å². The normalized spacial score (nSPS) is 19.9. The Hall–Kier alpha value is -2.80.